The predicted octanol–water partition coefficient (Wildman–Crippen LogP) is 4.08. The molecule has 0 aromatic carbocycles. The van der Waals surface area contributed by atoms with Crippen LogP contribution in [-0.2, 0) is 0 Å². The van der Waals surface area contributed by atoms with Crippen molar-refractivity contribution in [1.29, 1.82) is 0 Å². The Morgan fingerprint density at radius 3 is 2.28 bits per heavy atom. The number of rotatable bonds is 3. The zero-order chi connectivity index (χ0) is 13.3. The third kappa shape index (κ3) is 3.04. The Bertz CT molecular complexity index is 280. The maximum atomic E-state index is 13.4. The minimum Gasteiger partial charge on any atom is -0.316 e. The molecule has 1 nitrogen and oxygen atoms in total. The number of halogens is 2. The number of alkyl halides is 2. The third-order valence-corrected chi connectivity index (χ3v) is 5.43. The van der Waals surface area contributed by atoms with Gasteiger partial charge >= 0.3 is 0 Å². The van der Waals surface area contributed by atoms with Gasteiger partial charge in [-0.2, -0.15) is 0 Å². The molecule has 2 rings (SSSR count). The number of nitrogens with one attached hydrogen (secondary N) is 1. The van der Waals surface area contributed by atoms with Crippen molar-refractivity contribution in [2.75, 3.05) is 7.05 Å². The van der Waals surface area contributed by atoms with Gasteiger partial charge in [-0.1, -0.05) is 20.3 Å². The van der Waals surface area contributed by atoms with Gasteiger partial charge in [-0.15, -0.1) is 0 Å². The molecule has 18 heavy (non-hydrogen) atoms. The van der Waals surface area contributed by atoms with E-state index in [4.69, 9.17) is 0 Å². The van der Waals surface area contributed by atoms with Crippen LogP contribution in [0.5, 0.6) is 0 Å². The molecule has 2 aliphatic carbocycles. The molecule has 2 aliphatic rings. The fraction of sp³-hybridized carbons (Fsp3) is 1.00. The molecule has 5 unspecified atom stereocenters. The van der Waals surface area contributed by atoms with Gasteiger partial charge in [0.1, 0.15) is 0 Å². The molecule has 5 atom stereocenters. The Labute approximate surface area is 110 Å². The van der Waals surface area contributed by atoms with Crippen LogP contribution in [0.3, 0.4) is 0 Å². The highest BCUT2D eigenvalue weighted by molar-refractivity contribution is 4.93. The first-order valence-electron chi connectivity index (χ1n) is 7.48. The van der Waals surface area contributed by atoms with Gasteiger partial charge in [-0.25, -0.2) is 8.78 Å². The first kappa shape index (κ1) is 14.2. The Kier molecular flexibility index (Phi) is 4.30. The molecule has 0 aliphatic heterocycles. The van der Waals surface area contributed by atoms with Crippen LogP contribution in [0, 0.1) is 23.7 Å². The number of hydrogen-bond acceptors (Lipinski definition) is 1. The van der Waals surface area contributed by atoms with Crippen LogP contribution in [0.2, 0.25) is 0 Å². The molecule has 0 amide bonds. The van der Waals surface area contributed by atoms with Crippen molar-refractivity contribution in [2.45, 2.75) is 64.3 Å². The predicted molar refractivity (Wildman–Crippen MR) is 70.8 cm³/mol. The maximum absolute atomic E-state index is 13.4. The Morgan fingerprint density at radius 1 is 1.06 bits per heavy atom. The smallest absolute Gasteiger partial charge is 0.248 e. The van der Waals surface area contributed by atoms with E-state index in [1.54, 1.807) is 0 Å². The molecule has 0 bridgehead atoms. The number of hydrogen-bond donors (Lipinski definition) is 1. The molecule has 3 heteroatoms. The second kappa shape index (κ2) is 5.44. The van der Waals surface area contributed by atoms with E-state index in [0.29, 0.717) is 18.4 Å². The lowest BCUT2D eigenvalue weighted by molar-refractivity contribution is 0.00109. The summed E-state index contributed by atoms with van der Waals surface area (Å²) in [4.78, 5) is 0. The highest BCUT2D eigenvalue weighted by Gasteiger charge is 2.44. The van der Waals surface area contributed by atoms with Gasteiger partial charge in [-0.05, 0) is 50.0 Å². The summed E-state index contributed by atoms with van der Waals surface area (Å²) in [7, 11) is 1.95. The zero-order valence-corrected chi connectivity index (χ0v) is 11.9. The van der Waals surface area contributed by atoms with E-state index in [1.807, 2.05) is 7.05 Å². The molecule has 0 aromatic rings. The van der Waals surface area contributed by atoms with Crippen molar-refractivity contribution < 1.29 is 8.78 Å². The molecule has 0 spiro atoms. The maximum Gasteiger partial charge on any atom is 0.248 e. The summed E-state index contributed by atoms with van der Waals surface area (Å²) in [5, 5.41) is 3.35. The molecule has 106 valence electrons. The highest BCUT2D eigenvalue weighted by Crippen LogP contribution is 2.44. The van der Waals surface area contributed by atoms with Crippen molar-refractivity contribution in [3.63, 3.8) is 0 Å². The molecular weight excluding hydrogens is 232 g/mol. The SMILES string of the molecule is CNC(C1CCC(C)C(C)C1)C1CCC(F)(F)C1. The Balaban J connectivity index is 1.97. The normalized spacial score (nSPS) is 41.8. The highest BCUT2D eigenvalue weighted by atomic mass is 19.3. The summed E-state index contributed by atoms with van der Waals surface area (Å²) in [6.07, 6.45) is 4.55. The summed E-state index contributed by atoms with van der Waals surface area (Å²) >= 11 is 0. The lowest BCUT2D eigenvalue weighted by atomic mass is 9.70. The summed E-state index contributed by atoms with van der Waals surface area (Å²) in [5.74, 6) is -0.103. The molecular formula is C15H27F2N. The molecule has 0 aromatic heterocycles. The minimum atomic E-state index is -2.41. The second-order valence-electron chi connectivity index (χ2n) is 6.70. The van der Waals surface area contributed by atoms with E-state index in [1.165, 1.54) is 19.3 Å². The monoisotopic (exact) mass is 259 g/mol. The molecule has 0 saturated heterocycles. The van der Waals surface area contributed by atoms with Gasteiger partial charge in [0.25, 0.3) is 0 Å². The fourth-order valence-corrected chi connectivity index (χ4v) is 4.06. The Hall–Kier alpha value is -0.180. The molecule has 2 saturated carbocycles. The molecule has 0 heterocycles. The Morgan fingerprint density at radius 2 is 1.78 bits per heavy atom. The van der Waals surface area contributed by atoms with Crippen LogP contribution in [-0.4, -0.2) is 19.0 Å². The first-order valence-corrected chi connectivity index (χ1v) is 7.48. The van der Waals surface area contributed by atoms with Gasteiger partial charge < -0.3 is 5.32 Å². The lowest BCUT2D eigenvalue weighted by Gasteiger charge is -2.39. The average molecular weight is 259 g/mol. The van der Waals surface area contributed by atoms with Crippen molar-refractivity contribution >= 4 is 0 Å². The second-order valence-corrected chi connectivity index (χ2v) is 6.70. The standard InChI is InChI=1S/C15H27F2N/c1-10-4-5-12(8-11(10)2)14(18-3)13-6-7-15(16,17)9-13/h10-14,18H,4-9H2,1-3H3. The lowest BCUT2D eigenvalue weighted by Crippen LogP contribution is -2.42. The van der Waals surface area contributed by atoms with E-state index in [0.717, 1.165) is 11.8 Å². The fourth-order valence-electron chi connectivity index (χ4n) is 4.06. The van der Waals surface area contributed by atoms with Gasteiger partial charge in [0.05, 0.1) is 0 Å². The van der Waals surface area contributed by atoms with Crippen molar-refractivity contribution in [3.8, 4) is 0 Å². The van der Waals surface area contributed by atoms with Gasteiger partial charge in [0.2, 0.25) is 5.92 Å². The van der Waals surface area contributed by atoms with Crippen LogP contribution in [0.1, 0.15) is 52.4 Å². The van der Waals surface area contributed by atoms with Crippen LogP contribution in [0.4, 0.5) is 8.78 Å². The quantitative estimate of drug-likeness (QED) is 0.805. The average Bonchev–Trinajstić information content (AvgIpc) is 2.65. The van der Waals surface area contributed by atoms with E-state index >= 15 is 0 Å². The van der Waals surface area contributed by atoms with Crippen LogP contribution >= 0.6 is 0 Å². The van der Waals surface area contributed by atoms with E-state index < -0.39 is 5.92 Å². The first-order chi connectivity index (χ1) is 8.43. The topological polar surface area (TPSA) is 12.0 Å². The zero-order valence-electron chi connectivity index (χ0n) is 11.9. The summed E-state index contributed by atoms with van der Waals surface area (Å²) < 4.78 is 26.7. The van der Waals surface area contributed by atoms with E-state index in [-0.39, 0.29) is 18.8 Å². The molecule has 2 fully saturated rings. The van der Waals surface area contributed by atoms with Crippen LogP contribution in [0.15, 0.2) is 0 Å². The van der Waals surface area contributed by atoms with Gasteiger partial charge in [-0.3, -0.25) is 0 Å². The van der Waals surface area contributed by atoms with Crippen LogP contribution in [0.25, 0.3) is 0 Å². The van der Waals surface area contributed by atoms with Crippen molar-refractivity contribution in [3.05, 3.63) is 0 Å². The van der Waals surface area contributed by atoms with Crippen LogP contribution < -0.4 is 5.32 Å². The van der Waals surface area contributed by atoms with Gasteiger partial charge in [0, 0.05) is 18.9 Å². The summed E-state index contributed by atoms with van der Waals surface area (Å²) in [6, 6.07) is 0.299. The third-order valence-electron chi connectivity index (χ3n) is 5.43. The van der Waals surface area contributed by atoms with Crippen molar-refractivity contribution in [1.82, 2.24) is 5.32 Å². The summed E-state index contributed by atoms with van der Waals surface area (Å²) in [5.41, 5.74) is 0. The van der Waals surface area contributed by atoms with E-state index in [9.17, 15) is 8.78 Å². The van der Waals surface area contributed by atoms with Gasteiger partial charge in [0.15, 0.2) is 0 Å². The molecule has 1 N–H and O–H groups in total. The largest absolute Gasteiger partial charge is 0.316 e. The van der Waals surface area contributed by atoms with Crippen molar-refractivity contribution in [2.24, 2.45) is 23.7 Å². The van der Waals surface area contributed by atoms with E-state index in [2.05, 4.69) is 19.2 Å². The summed E-state index contributed by atoms with van der Waals surface area (Å²) in [6.45, 7) is 4.63. The molecule has 0 radical (unpaired) electrons. The minimum absolute atomic E-state index is 0.0918.